The number of nitrogens with one attached hydrogen (secondary N) is 2. The first-order valence-electron chi connectivity index (χ1n) is 7.47. The maximum atomic E-state index is 12.1. The Morgan fingerprint density at radius 3 is 2.86 bits per heavy atom. The van der Waals surface area contributed by atoms with Gasteiger partial charge in [-0.2, -0.15) is 5.10 Å². The van der Waals surface area contributed by atoms with Gasteiger partial charge in [0, 0.05) is 23.9 Å². The summed E-state index contributed by atoms with van der Waals surface area (Å²) >= 11 is 0. The third-order valence-corrected chi connectivity index (χ3v) is 4.39. The number of hydrogen-bond acceptors (Lipinski definition) is 3. The third kappa shape index (κ3) is 2.42. The second-order valence-electron chi connectivity index (χ2n) is 5.68. The maximum Gasteiger partial charge on any atom is 0.273 e. The van der Waals surface area contributed by atoms with Crippen LogP contribution < -0.4 is 5.43 Å². The number of aromatic nitrogens is 1. The molecular weight excluding hydrogens is 266 g/mol. The van der Waals surface area contributed by atoms with Crippen molar-refractivity contribution in [1.29, 1.82) is 0 Å². The molecule has 0 radical (unpaired) electrons. The number of aromatic amines is 1. The van der Waals surface area contributed by atoms with Gasteiger partial charge in [0.15, 0.2) is 0 Å². The molecule has 1 saturated heterocycles. The van der Waals surface area contributed by atoms with E-state index < -0.39 is 0 Å². The van der Waals surface area contributed by atoms with Crippen LogP contribution in [-0.4, -0.2) is 29.8 Å². The van der Waals surface area contributed by atoms with Crippen molar-refractivity contribution in [2.75, 3.05) is 13.2 Å². The molecule has 112 valence electrons. The lowest BCUT2D eigenvalue weighted by Crippen LogP contribution is -2.18. The van der Waals surface area contributed by atoms with Crippen molar-refractivity contribution in [3.05, 3.63) is 28.1 Å². The first-order chi connectivity index (χ1) is 10.1. The number of ether oxygens (including phenoxy) is 1. The average molecular weight is 287 g/mol. The Morgan fingerprint density at radius 1 is 1.43 bits per heavy atom. The molecule has 1 aromatic rings. The Bertz CT molecular complexity index is 634. The summed E-state index contributed by atoms with van der Waals surface area (Å²) in [6.45, 7) is 7.70. The SMILES string of the molecule is CCc1c(C)[nH]c(/C=C2/C(=O)NN=C2C2CCOC2)c1C. The van der Waals surface area contributed by atoms with Crippen LogP contribution in [0.25, 0.3) is 6.08 Å². The van der Waals surface area contributed by atoms with Crippen LogP contribution in [0.4, 0.5) is 0 Å². The van der Waals surface area contributed by atoms with Gasteiger partial charge in [0.05, 0.1) is 17.9 Å². The van der Waals surface area contributed by atoms with Crippen LogP contribution in [0, 0.1) is 19.8 Å². The lowest BCUT2D eigenvalue weighted by Gasteiger charge is -2.07. The van der Waals surface area contributed by atoms with Crippen molar-refractivity contribution in [2.24, 2.45) is 11.0 Å². The summed E-state index contributed by atoms with van der Waals surface area (Å²) in [7, 11) is 0. The standard InChI is InChI=1S/C16H21N3O2/c1-4-12-9(2)14(17-10(12)3)7-13-15(18-19-16(13)20)11-5-6-21-8-11/h7,11,17H,4-6,8H2,1-3H3,(H,19,20)/b13-7+. The van der Waals surface area contributed by atoms with Crippen molar-refractivity contribution < 1.29 is 9.53 Å². The summed E-state index contributed by atoms with van der Waals surface area (Å²) in [6.07, 6.45) is 3.84. The van der Waals surface area contributed by atoms with E-state index in [-0.39, 0.29) is 11.8 Å². The van der Waals surface area contributed by atoms with Gasteiger partial charge in [0.25, 0.3) is 5.91 Å². The summed E-state index contributed by atoms with van der Waals surface area (Å²) in [5, 5.41) is 4.21. The zero-order valence-electron chi connectivity index (χ0n) is 12.7. The Labute approximate surface area is 124 Å². The molecule has 5 nitrogen and oxygen atoms in total. The van der Waals surface area contributed by atoms with Gasteiger partial charge in [-0.3, -0.25) is 4.79 Å². The zero-order valence-corrected chi connectivity index (χ0v) is 12.7. The minimum atomic E-state index is -0.124. The molecule has 0 aromatic carbocycles. The summed E-state index contributed by atoms with van der Waals surface area (Å²) < 4.78 is 5.41. The third-order valence-electron chi connectivity index (χ3n) is 4.39. The number of hydrogen-bond donors (Lipinski definition) is 2. The van der Waals surface area contributed by atoms with Crippen molar-refractivity contribution in [3.8, 4) is 0 Å². The van der Waals surface area contributed by atoms with E-state index in [2.05, 4.69) is 36.3 Å². The Hall–Kier alpha value is -1.88. The quantitative estimate of drug-likeness (QED) is 0.836. The molecule has 2 aliphatic heterocycles. The highest BCUT2D eigenvalue weighted by molar-refractivity contribution is 6.28. The van der Waals surface area contributed by atoms with E-state index >= 15 is 0 Å². The average Bonchev–Trinajstić information content (AvgIpc) is 3.14. The number of nitrogens with zero attached hydrogens (tertiary/aromatic N) is 1. The van der Waals surface area contributed by atoms with Crippen LogP contribution >= 0.6 is 0 Å². The number of hydrazone groups is 1. The number of carbonyl (C=O) groups excluding carboxylic acids is 1. The molecule has 2 N–H and O–H groups in total. The fourth-order valence-corrected chi connectivity index (χ4v) is 3.18. The highest BCUT2D eigenvalue weighted by Gasteiger charge is 2.32. The molecule has 1 atom stereocenters. The molecule has 2 aliphatic rings. The molecule has 3 rings (SSSR count). The smallest absolute Gasteiger partial charge is 0.273 e. The molecule has 3 heterocycles. The van der Waals surface area contributed by atoms with E-state index in [0.717, 1.165) is 30.9 Å². The van der Waals surface area contributed by atoms with Crippen LogP contribution in [0.1, 0.15) is 35.9 Å². The molecule has 21 heavy (non-hydrogen) atoms. The van der Waals surface area contributed by atoms with Crippen LogP contribution in [-0.2, 0) is 16.0 Å². The molecule has 0 saturated carbocycles. The van der Waals surface area contributed by atoms with Crippen molar-refractivity contribution in [3.63, 3.8) is 0 Å². The van der Waals surface area contributed by atoms with E-state index in [1.54, 1.807) is 0 Å². The fraction of sp³-hybridized carbons (Fsp3) is 0.500. The van der Waals surface area contributed by atoms with E-state index in [1.165, 1.54) is 16.8 Å². The predicted octanol–water partition coefficient (Wildman–Crippen LogP) is 2.10. The van der Waals surface area contributed by atoms with Crippen molar-refractivity contribution >= 4 is 17.7 Å². The van der Waals surface area contributed by atoms with Gasteiger partial charge in [-0.05, 0) is 43.9 Å². The van der Waals surface area contributed by atoms with E-state index in [1.807, 2.05) is 6.08 Å². The molecule has 1 aromatic heterocycles. The number of H-pyrrole nitrogens is 1. The lowest BCUT2D eigenvalue weighted by atomic mass is 9.95. The number of aryl methyl sites for hydroxylation is 1. The van der Waals surface area contributed by atoms with Crippen LogP contribution in [0.15, 0.2) is 10.7 Å². The van der Waals surface area contributed by atoms with Gasteiger partial charge >= 0.3 is 0 Å². The Balaban J connectivity index is 1.97. The molecule has 1 fully saturated rings. The molecule has 1 unspecified atom stereocenters. The van der Waals surface area contributed by atoms with E-state index in [0.29, 0.717) is 12.2 Å². The Morgan fingerprint density at radius 2 is 2.24 bits per heavy atom. The van der Waals surface area contributed by atoms with Gasteiger partial charge < -0.3 is 9.72 Å². The second kappa shape index (κ2) is 5.48. The first kappa shape index (κ1) is 14.1. The van der Waals surface area contributed by atoms with Gasteiger partial charge in [0.1, 0.15) is 0 Å². The van der Waals surface area contributed by atoms with Crippen LogP contribution in [0.5, 0.6) is 0 Å². The first-order valence-corrected chi connectivity index (χ1v) is 7.47. The summed E-state index contributed by atoms with van der Waals surface area (Å²) in [5.41, 5.74) is 8.79. The summed E-state index contributed by atoms with van der Waals surface area (Å²) in [5.74, 6) is 0.0961. The highest BCUT2D eigenvalue weighted by Crippen LogP contribution is 2.26. The van der Waals surface area contributed by atoms with E-state index in [9.17, 15) is 4.79 Å². The van der Waals surface area contributed by atoms with Crippen molar-refractivity contribution in [1.82, 2.24) is 10.4 Å². The van der Waals surface area contributed by atoms with E-state index in [4.69, 9.17) is 4.74 Å². The van der Waals surface area contributed by atoms with Crippen molar-refractivity contribution in [2.45, 2.75) is 33.6 Å². The van der Waals surface area contributed by atoms with Gasteiger partial charge in [-0.15, -0.1) is 0 Å². The molecule has 0 spiro atoms. The fourth-order valence-electron chi connectivity index (χ4n) is 3.18. The predicted molar refractivity (Wildman–Crippen MR) is 82.1 cm³/mol. The number of amides is 1. The number of rotatable bonds is 3. The maximum absolute atomic E-state index is 12.1. The topological polar surface area (TPSA) is 66.5 Å². The highest BCUT2D eigenvalue weighted by atomic mass is 16.5. The monoisotopic (exact) mass is 287 g/mol. The molecule has 5 heteroatoms. The summed E-state index contributed by atoms with van der Waals surface area (Å²) in [4.78, 5) is 15.4. The van der Waals surface area contributed by atoms with Crippen LogP contribution in [0.3, 0.4) is 0 Å². The molecular formula is C16H21N3O2. The largest absolute Gasteiger partial charge is 0.381 e. The van der Waals surface area contributed by atoms with Gasteiger partial charge in [-0.1, -0.05) is 6.92 Å². The zero-order chi connectivity index (χ0) is 15.0. The normalized spacial score (nSPS) is 23.8. The second-order valence-corrected chi connectivity index (χ2v) is 5.68. The molecule has 1 amide bonds. The molecule has 0 aliphatic carbocycles. The van der Waals surface area contributed by atoms with Gasteiger partial charge in [0.2, 0.25) is 0 Å². The van der Waals surface area contributed by atoms with Crippen LogP contribution in [0.2, 0.25) is 0 Å². The summed E-state index contributed by atoms with van der Waals surface area (Å²) in [6, 6.07) is 0. The lowest BCUT2D eigenvalue weighted by molar-refractivity contribution is -0.116. The minimum absolute atomic E-state index is 0.124. The molecule has 0 bridgehead atoms. The Kier molecular flexibility index (Phi) is 3.68. The number of carbonyl (C=O) groups is 1. The minimum Gasteiger partial charge on any atom is -0.381 e. The van der Waals surface area contributed by atoms with Gasteiger partial charge in [-0.25, -0.2) is 5.43 Å².